The Bertz CT molecular complexity index is 560. The van der Waals surface area contributed by atoms with E-state index in [9.17, 15) is 5.11 Å². The third-order valence-electron chi connectivity index (χ3n) is 3.72. The van der Waals surface area contributed by atoms with E-state index in [0.29, 0.717) is 6.42 Å². The van der Waals surface area contributed by atoms with Crippen LogP contribution in [0.3, 0.4) is 0 Å². The normalized spacial score (nSPS) is 12.4. The largest absolute Gasteiger partial charge is 0.388 e. The van der Waals surface area contributed by atoms with E-state index in [2.05, 4.69) is 60.1 Å². The topological polar surface area (TPSA) is 20.2 Å². The van der Waals surface area contributed by atoms with Crippen LogP contribution in [0.5, 0.6) is 0 Å². The molecule has 2 heteroatoms. The van der Waals surface area contributed by atoms with Crippen molar-refractivity contribution in [2.24, 2.45) is 0 Å². The van der Waals surface area contributed by atoms with Crippen molar-refractivity contribution in [3.8, 4) is 0 Å². The first-order chi connectivity index (χ1) is 9.63. The van der Waals surface area contributed by atoms with E-state index in [0.717, 1.165) is 28.4 Å². The van der Waals surface area contributed by atoms with Gasteiger partial charge in [-0.05, 0) is 47.2 Å². The van der Waals surface area contributed by atoms with Gasteiger partial charge in [0.1, 0.15) is 0 Å². The lowest BCUT2D eigenvalue weighted by Crippen LogP contribution is -2.03. The van der Waals surface area contributed by atoms with Crippen LogP contribution in [-0.4, -0.2) is 5.11 Å². The Labute approximate surface area is 129 Å². The third kappa shape index (κ3) is 3.71. The van der Waals surface area contributed by atoms with Crippen LogP contribution in [0.1, 0.15) is 42.2 Å². The second-order valence-electron chi connectivity index (χ2n) is 5.08. The summed E-state index contributed by atoms with van der Waals surface area (Å²) in [7, 11) is 0. The summed E-state index contributed by atoms with van der Waals surface area (Å²) in [4.78, 5) is 0. The van der Waals surface area contributed by atoms with Crippen LogP contribution in [0.15, 0.2) is 46.9 Å². The Balaban J connectivity index is 2.16. The van der Waals surface area contributed by atoms with Crippen molar-refractivity contribution in [2.45, 2.75) is 39.2 Å². The molecule has 0 radical (unpaired) electrons. The minimum absolute atomic E-state index is 0.438. The number of aliphatic hydroxyl groups is 1. The standard InChI is InChI=1S/C18H21BrO/c1-3-14-7-8-16(12-15(14)4-2)18(20)11-13-5-9-17(19)10-6-13/h5-10,12,18,20H,3-4,11H2,1-2H3. The summed E-state index contributed by atoms with van der Waals surface area (Å²) in [6, 6.07) is 14.5. The van der Waals surface area contributed by atoms with Crippen molar-refractivity contribution >= 4 is 15.9 Å². The van der Waals surface area contributed by atoms with Crippen molar-refractivity contribution in [1.29, 1.82) is 0 Å². The van der Waals surface area contributed by atoms with Gasteiger partial charge in [0, 0.05) is 10.9 Å². The fourth-order valence-corrected chi connectivity index (χ4v) is 2.75. The molecule has 106 valence electrons. The number of aliphatic hydroxyl groups excluding tert-OH is 1. The molecule has 2 aromatic carbocycles. The smallest absolute Gasteiger partial charge is 0.0830 e. The minimum atomic E-state index is -0.438. The molecule has 0 bridgehead atoms. The zero-order valence-corrected chi connectivity index (χ0v) is 13.7. The van der Waals surface area contributed by atoms with Gasteiger partial charge in [-0.3, -0.25) is 0 Å². The van der Waals surface area contributed by atoms with Crippen LogP contribution in [0, 0.1) is 0 Å². The van der Waals surface area contributed by atoms with E-state index >= 15 is 0 Å². The van der Waals surface area contributed by atoms with Crippen LogP contribution < -0.4 is 0 Å². The lowest BCUT2D eigenvalue weighted by molar-refractivity contribution is 0.178. The van der Waals surface area contributed by atoms with Crippen LogP contribution in [0.25, 0.3) is 0 Å². The van der Waals surface area contributed by atoms with Crippen LogP contribution in [-0.2, 0) is 19.3 Å². The van der Waals surface area contributed by atoms with E-state index in [1.54, 1.807) is 0 Å². The number of rotatable bonds is 5. The molecule has 0 heterocycles. The van der Waals surface area contributed by atoms with Gasteiger partial charge in [0.05, 0.1) is 6.10 Å². The highest BCUT2D eigenvalue weighted by Gasteiger charge is 2.10. The Morgan fingerprint density at radius 3 is 2.20 bits per heavy atom. The predicted octanol–water partition coefficient (Wildman–Crippen LogP) is 4.85. The summed E-state index contributed by atoms with van der Waals surface area (Å²) in [5, 5.41) is 10.4. The van der Waals surface area contributed by atoms with Gasteiger partial charge in [-0.1, -0.05) is 60.1 Å². The van der Waals surface area contributed by atoms with Gasteiger partial charge in [0.15, 0.2) is 0 Å². The highest BCUT2D eigenvalue weighted by Crippen LogP contribution is 2.23. The van der Waals surface area contributed by atoms with Crippen molar-refractivity contribution in [2.75, 3.05) is 0 Å². The first-order valence-electron chi connectivity index (χ1n) is 7.18. The summed E-state index contributed by atoms with van der Waals surface area (Å²) in [6.45, 7) is 4.34. The molecule has 1 unspecified atom stereocenters. The van der Waals surface area contributed by atoms with Crippen molar-refractivity contribution < 1.29 is 5.11 Å². The molecule has 0 saturated heterocycles. The van der Waals surface area contributed by atoms with E-state index in [1.807, 2.05) is 12.1 Å². The molecule has 0 aromatic heterocycles. The molecule has 1 N–H and O–H groups in total. The number of benzene rings is 2. The first kappa shape index (κ1) is 15.3. The molecular formula is C18H21BrO. The summed E-state index contributed by atoms with van der Waals surface area (Å²) in [5.41, 5.74) is 4.90. The molecule has 0 fully saturated rings. The van der Waals surface area contributed by atoms with Gasteiger partial charge < -0.3 is 5.11 Å². The zero-order valence-electron chi connectivity index (χ0n) is 12.1. The maximum Gasteiger partial charge on any atom is 0.0830 e. The van der Waals surface area contributed by atoms with E-state index in [-0.39, 0.29) is 0 Å². The Morgan fingerprint density at radius 2 is 1.60 bits per heavy atom. The van der Waals surface area contributed by atoms with E-state index < -0.39 is 6.10 Å². The molecule has 0 aliphatic rings. The van der Waals surface area contributed by atoms with Gasteiger partial charge in [-0.25, -0.2) is 0 Å². The number of aryl methyl sites for hydroxylation is 2. The zero-order chi connectivity index (χ0) is 14.5. The van der Waals surface area contributed by atoms with Gasteiger partial charge in [-0.15, -0.1) is 0 Å². The van der Waals surface area contributed by atoms with Crippen molar-refractivity contribution in [3.05, 3.63) is 69.2 Å². The Hall–Kier alpha value is -1.12. The average molecular weight is 333 g/mol. The van der Waals surface area contributed by atoms with Crippen LogP contribution >= 0.6 is 15.9 Å². The third-order valence-corrected chi connectivity index (χ3v) is 4.25. The summed E-state index contributed by atoms with van der Waals surface area (Å²) in [5.74, 6) is 0. The molecule has 0 amide bonds. The molecule has 2 aromatic rings. The van der Waals surface area contributed by atoms with Gasteiger partial charge in [0.2, 0.25) is 0 Å². The molecule has 0 aliphatic carbocycles. The monoisotopic (exact) mass is 332 g/mol. The van der Waals surface area contributed by atoms with Gasteiger partial charge in [0.25, 0.3) is 0 Å². The molecule has 0 saturated carbocycles. The maximum absolute atomic E-state index is 10.4. The molecule has 1 nitrogen and oxygen atoms in total. The quantitative estimate of drug-likeness (QED) is 0.829. The predicted molar refractivity (Wildman–Crippen MR) is 88.0 cm³/mol. The first-order valence-corrected chi connectivity index (χ1v) is 7.97. The van der Waals surface area contributed by atoms with Crippen molar-refractivity contribution in [3.63, 3.8) is 0 Å². The number of hydrogen-bond acceptors (Lipinski definition) is 1. The molecule has 2 rings (SSSR count). The van der Waals surface area contributed by atoms with E-state index in [1.165, 1.54) is 11.1 Å². The summed E-state index contributed by atoms with van der Waals surface area (Å²) >= 11 is 3.43. The van der Waals surface area contributed by atoms with Gasteiger partial charge in [-0.2, -0.15) is 0 Å². The highest BCUT2D eigenvalue weighted by atomic mass is 79.9. The second kappa shape index (κ2) is 7.05. The summed E-state index contributed by atoms with van der Waals surface area (Å²) < 4.78 is 1.07. The van der Waals surface area contributed by atoms with Crippen LogP contribution in [0.2, 0.25) is 0 Å². The maximum atomic E-state index is 10.4. The number of hydrogen-bond donors (Lipinski definition) is 1. The summed E-state index contributed by atoms with van der Waals surface area (Å²) in [6.07, 6.45) is 2.28. The Kier molecular flexibility index (Phi) is 5.38. The second-order valence-corrected chi connectivity index (χ2v) is 6.00. The highest BCUT2D eigenvalue weighted by molar-refractivity contribution is 9.10. The molecule has 1 atom stereocenters. The Morgan fingerprint density at radius 1 is 0.950 bits per heavy atom. The molecular weight excluding hydrogens is 312 g/mol. The number of halogens is 1. The van der Waals surface area contributed by atoms with Crippen molar-refractivity contribution in [1.82, 2.24) is 0 Å². The van der Waals surface area contributed by atoms with Crippen LogP contribution in [0.4, 0.5) is 0 Å². The molecule has 20 heavy (non-hydrogen) atoms. The minimum Gasteiger partial charge on any atom is -0.388 e. The average Bonchev–Trinajstić information content (AvgIpc) is 2.48. The molecule has 0 aliphatic heterocycles. The SMILES string of the molecule is CCc1ccc(C(O)Cc2ccc(Br)cc2)cc1CC. The fraction of sp³-hybridized carbons (Fsp3) is 0.333. The lowest BCUT2D eigenvalue weighted by Gasteiger charge is -2.14. The van der Waals surface area contributed by atoms with Gasteiger partial charge >= 0.3 is 0 Å². The lowest BCUT2D eigenvalue weighted by atomic mass is 9.95. The molecule has 0 spiro atoms. The fourth-order valence-electron chi connectivity index (χ4n) is 2.49. The van der Waals surface area contributed by atoms with E-state index in [4.69, 9.17) is 0 Å².